The van der Waals surface area contributed by atoms with E-state index < -0.39 is 15.5 Å². The summed E-state index contributed by atoms with van der Waals surface area (Å²) in [6.07, 6.45) is 2.01. The van der Waals surface area contributed by atoms with Crippen LogP contribution in [-0.4, -0.2) is 52.5 Å². The average Bonchev–Trinajstić information content (AvgIpc) is 2.97. The Morgan fingerprint density at radius 2 is 2.00 bits per heavy atom. The van der Waals surface area contributed by atoms with Crippen molar-refractivity contribution in [3.63, 3.8) is 0 Å². The van der Waals surface area contributed by atoms with E-state index in [0.29, 0.717) is 33.8 Å². The molecule has 0 spiro atoms. The van der Waals surface area contributed by atoms with Gasteiger partial charge in [-0.25, -0.2) is 13.4 Å². The monoisotopic (exact) mass is 397 g/mol. The van der Waals surface area contributed by atoms with Crippen molar-refractivity contribution in [1.82, 2.24) is 18.9 Å². The van der Waals surface area contributed by atoms with Crippen LogP contribution < -0.4 is 10.9 Å². The molecule has 0 bridgehead atoms. The quantitative estimate of drug-likeness (QED) is 0.831. The normalized spacial score (nSPS) is 17.9. The number of hydrogen-bond donors (Lipinski definition) is 1. The van der Waals surface area contributed by atoms with Crippen LogP contribution in [-0.2, 0) is 10.0 Å². The Morgan fingerprint density at radius 3 is 2.60 bits per heavy atom. The van der Waals surface area contributed by atoms with Crippen LogP contribution in [0.2, 0.25) is 0 Å². The van der Waals surface area contributed by atoms with Gasteiger partial charge in [-0.05, 0) is 18.8 Å². The van der Waals surface area contributed by atoms with E-state index in [1.807, 2.05) is 0 Å². The predicted octanol–water partition coefficient (Wildman–Crippen LogP) is 1.12. The summed E-state index contributed by atoms with van der Waals surface area (Å²) in [4.78, 5) is 16.0. The largest absolute Gasteiger partial charge is 0.511 e. The maximum atomic E-state index is 12.5. The molecule has 3 rings (SSSR count). The third kappa shape index (κ3) is 3.62. The van der Waals surface area contributed by atoms with Gasteiger partial charge >= 0.3 is 15.5 Å². The zero-order chi connectivity index (χ0) is 18.2. The Bertz CT molecular complexity index is 916. The summed E-state index contributed by atoms with van der Waals surface area (Å²) in [5.41, 5.74) is -5.57. The molecular weight excluding hydrogens is 383 g/mol. The van der Waals surface area contributed by atoms with Crippen molar-refractivity contribution in [3.05, 3.63) is 22.6 Å². The fourth-order valence-corrected chi connectivity index (χ4v) is 4.31. The minimum absolute atomic E-state index is 0.0105. The topological polar surface area (TPSA) is 96.7 Å². The first kappa shape index (κ1) is 18.1. The molecule has 8 nitrogen and oxygen atoms in total. The van der Waals surface area contributed by atoms with Gasteiger partial charge in [-0.15, -0.1) is 5.10 Å². The van der Waals surface area contributed by atoms with Gasteiger partial charge in [0.1, 0.15) is 0 Å². The van der Waals surface area contributed by atoms with Crippen molar-refractivity contribution in [2.24, 2.45) is 5.92 Å². The first-order chi connectivity index (χ1) is 11.7. The summed E-state index contributed by atoms with van der Waals surface area (Å²) in [6.45, 7) is 0.0819. The van der Waals surface area contributed by atoms with E-state index >= 15 is 0 Å². The Labute approximate surface area is 144 Å². The van der Waals surface area contributed by atoms with E-state index in [2.05, 4.69) is 15.4 Å². The molecule has 138 valence electrons. The van der Waals surface area contributed by atoms with Crippen LogP contribution >= 0.6 is 11.3 Å². The number of nitrogens with zero attached hydrogens (tertiary/aromatic N) is 4. The van der Waals surface area contributed by atoms with Gasteiger partial charge in [0.15, 0.2) is 0 Å². The lowest BCUT2D eigenvalue weighted by Gasteiger charge is -2.31. The third-order valence-corrected chi connectivity index (χ3v) is 6.43. The molecule has 1 aliphatic rings. The summed E-state index contributed by atoms with van der Waals surface area (Å²) in [6, 6.07) is 1.29. The second-order valence-corrected chi connectivity index (χ2v) is 8.44. The van der Waals surface area contributed by atoms with Crippen LogP contribution in [0.1, 0.15) is 12.8 Å². The maximum Gasteiger partial charge on any atom is 0.511 e. The van der Waals surface area contributed by atoms with Gasteiger partial charge < -0.3 is 5.32 Å². The first-order valence-corrected chi connectivity index (χ1v) is 9.59. The number of anilines is 1. The highest BCUT2D eigenvalue weighted by atomic mass is 32.2. The van der Waals surface area contributed by atoms with Crippen molar-refractivity contribution in [2.45, 2.75) is 18.3 Å². The SMILES string of the molecule is O=c1ccnc2sc(NCC3CCN(S(=O)(=O)C(F)(F)F)CC3)nn12. The number of halogens is 3. The molecule has 1 aliphatic heterocycles. The van der Waals surface area contributed by atoms with Crippen LogP contribution in [0.15, 0.2) is 17.1 Å². The van der Waals surface area contributed by atoms with Gasteiger partial charge in [0.2, 0.25) is 10.1 Å². The average molecular weight is 397 g/mol. The van der Waals surface area contributed by atoms with Crippen molar-refractivity contribution in [3.8, 4) is 0 Å². The standard InChI is InChI=1S/C12H14F3N5O3S2/c13-12(14,15)25(22,23)19-5-2-8(3-6-19)7-17-10-18-20-9(21)1-4-16-11(20)24-10/h1,4,8H,2-3,5-7H2,(H,17,18). The van der Waals surface area contributed by atoms with E-state index in [1.165, 1.54) is 23.6 Å². The molecule has 0 aliphatic carbocycles. The summed E-state index contributed by atoms with van der Waals surface area (Å²) in [5.74, 6) is 0.0105. The number of aromatic nitrogens is 3. The molecule has 0 atom stereocenters. The molecule has 2 aromatic heterocycles. The highest BCUT2D eigenvalue weighted by Crippen LogP contribution is 2.30. The van der Waals surface area contributed by atoms with Gasteiger partial charge in [-0.3, -0.25) is 4.79 Å². The first-order valence-electron chi connectivity index (χ1n) is 7.33. The van der Waals surface area contributed by atoms with Gasteiger partial charge in [0, 0.05) is 31.9 Å². The van der Waals surface area contributed by atoms with E-state index in [4.69, 9.17) is 0 Å². The van der Waals surface area contributed by atoms with Gasteiger partial charge in [-0.2, -0.15) is 22.0 Å². The summed E-state index contributed by atoms with van der Waals surface area (Å²) < 4.78 is 62.0. The number of sulfonamides is 1. The van der Waals surface area contributed by atoms with E-state index in [1.54, 1.807) is 0 Å². The van der Waals surface area contributed by atoms with Gasteiger partial charge in [0.25, 0.3) is 5.56 Å². The Kier molecular flexibility index (Phi) is 4.72. The molecule has 0 saturated carbocycles. The molecule has 0 aromatic carbocycles. The zero-order valence-corrected chi connectivity index (χ0v) is 14.4. The number of fused-ring (bicyclic) bond motifs is 1. The molecule has 0 amide bonds. The number of hydrogen-bond acceptors (Lipinski definition) is 7. The maximum absolute atomic E-state index is 12.5. The summed E-state index contributed by atoms with van der Waals surface area (Å²) in [5, 5.41) is 7.58. The van der Waals surface area contributed by atoms with E-state index in [9.17, 15) is 26.4 Å². The van der Waals surface area contributed by atoms with Crippen molar-refractivity contribution in [1.29, 1.82) is 0 Å². The van der Waals surface area contributed by atoms with Gasteiger partial charge in [-0.1, -0.05) is 11.3 Å². The van der Waals surface area contributed by atoms with E-state index in [0.717, 1.165) is 4.52 Å². The third-order valence-electron chi connectivity index (χ3n) is 3.92. The lowest BCUT2D eigenvalue weighted by molar-refractivity contribution is -0.0496. The summed E-state index contributed by atoms with van der Waals surface area (Å²) in [7, 11) is -5.26. The minimum Gasteiger partial charge on any atom is -0.360 e. The lowest BCUT2D eigenvalue weighted by atomic mass is 9.98. The summed E-state index contributed by atoms with van der Waals surface area (Å²) >= 11 is 1.18. The van der Waals surface area contributed by atoms with E-state index in [-0.39, 0.29) is 24.6 Å². The zero-order valence-electron chi connectivity index (χ0n) is 12.7. The molecular formula is C12H14F3N5O3S2. The molecule has 2 aromatic rings. The number of alkyl halides is 3. The molecule has 25 heavy (non-hydrogen) atoms. The molecule has 13 heteroatoms. The molecule has 0 radical (unpaired) electrons. The number of nitrogens with one attached hydrogen (secondary N) is 1. The molecule has 3 heterocycles. The van der Waals surface area contributed by atoms with Crippen molar-refractivity contribution >= 4 is 31.5 Å². The smallest absolute Gasteiger partial charge is 0.360 e. The van der Waals surface area contributed by atoms with Crippen molar-refractivity contribution in [2.75, 3.05) is 25.0 Å². The van der Waals surface area contributed by atoms with Crippen LogP contribution in [0, 0.1) is 5.92 Å². The molecule has 0 unspecified atom stereocenters. The fraction of sp³-hybridized carbons (Fsp3) is 0.583. The second-order valence-electron chi connectivity index (χ2n) is 5.56. The van der Waals surface area contributed by atoms with Crippen LogP contribution in [0.4, 0.5) is 18.3 Å². The molecule has 1 N–H and O–H groups in total. The molecule has 1 fully saturated rings. The number of rotatable bonds is 4. The van der Waals surface area contributed by atoms with Crippen LogP contribution in [0.5, 0.6) is 0 Å². The highest BCUT2D eigenvalue weighted by molar-refractivity contribution is 7.90. The number of piperidine rings is 1. The predicted molar refractivity (Wildman–Crippen MR) is 84.9 cm³/mol. The Morgan fingerprint density at radius 1 is 1.32 bits per heavy atom. The highest BCUT2D eigenvalue weighted by Gasteiger charge is 2.50. The lowest BCUT2D eigenvalue weighted by Crippen LogP contribution is -2.45. The molecule has 1 saturated heterocycles. The van der Waals surface area contributed by atoms with Gasteiger partial charge in [0.05, 0.1) is 0 Å². The fourth-order valence-electron chi connectivity index (χ4n) is 2.55. The second kappa shape index (κ2) is 6.53. The Balaban J connectivity index is 1.57. The van der Waals surface area contributed by atoms with Crippen molar-refractivity contribution < 1.29 is 21.6 Å². The minimum atomic E-state index is -5.26. The Hall–Kier alpha value is -1.73. The van der Waals surface area contributed by atoms with Crippen LogP contribution in [0.3, 0.4) is 0 Å². The van der Waals surface area contributed by atoms with Crippen LogP contribution in [0.25, 0.3) is 4.96 Å².